The average molecular weight is 456 g/mol. The maximum atomic E-state index is 13.6. The molecule has 0 fully saturated rings. The third kappa shape index (κ3) is 3.50. The minimum atomic E-state index is -0.847. The second-order valence-electron chi connectivity index (χ2n) is 8.57. The molecule has 1 unspecified atom stereocenters. The van der Waals surface area contributed by atoms with Crippen molar-refractivity contribution >= 4 is 45.6 Å². The Bertz CT molecular complexity index is 1340. The quantitative estimate of drug-likeness (QED) is 0.434. The Labute approximate surface area is 189 Å². The molecule has 1 aliphatic rings. The van der Waals surface area contributed by atoms with Crippen molar-refractivity contribution in [2.24, 2.45) is 0 Å². The van der Waals surface area contributed by atoms with E-state index in [-0.39, 0.29) is 24.3 Å². The molecule has 1 aliphatic heterocycles. The third-order valence-corrected chi connectivity index (χ3v) is 6.43. The van der Waals surface area contributed by atoms with Crippen molar-refractivity contribution in [2.75, 3.05) is 4.90 Å². The molecule has 3 heterocycles. The average Bonchev–Trinajstić information content (AvgIpc) is 3.26. The molecule has 1 N–H and O–H groups in total. The molecule has 0 saturated carbocycles. The first-order chi connectivity index (χ1) is 15.3. The van der Waals surface area contributed by atoms with Crippen molar-refractivity contribution in [1.82, 2.24) is 9.55 Å². The second kappa shape index (κ2) is 7.81. The van der Waals surface area contributed by atoms with Gasteiger partial charge in [-0.1, -0.05) is 17.7 Å². The van der Waals surface area contributed by atoms with Crippen molar-refractivity contribution in [3.63, 3.8) is 0 Å². The highest BCUT2D eigenvalue weighted by molar-refractivity contribution is 6.31. The van der Waals surface area contributed by atoms with Gasteiger partial charge in [-0.05, 0) is 56.5 Å². The number of aliphatic carboxylic acids is 1. The molecular weight excluding hydrogens is 433 g/mol. The van der Waals surface area contributed by atoms with Gasteiger partial charge in [-0.2, -0.15) is 4.98 Å². The summed E-state index contributed by atoms with van der Waals surface area (Å²) in [7, 11) is 0. The smallest absolute Gasteiger partial charge is 0.307 e. The predicted octanol–water partition coefficient (Wildman–Crippen LogP) is 5.43. The fourth-order valence-electron chi connectivity index (χ4n) is 4.92. The lowest BCUT2D eigenvalue weighted by molar-refractivity contribution is -0.136. The van der Waals surface area contributed by atoms with Crippen LogP contribution in [0.25, 0.3) is 22.0 Å². The molecule has 0 amide bonds. The molecular formula is C24H23ClFN3O3. The molecule has 2 aromatic carbocycles. The first kappa shape index (κ1) is 20.8. The lowest BCUT2D eigenvalue weighted by atomic mass is 9.99. The summed E-state index contributed by atoms with van der Waals surface area (Å²) in [4.78, 5) is 18.2. The van der Waals surface area contributed by atoms with Gasteiger partial charge in [0.2, 0.25) is 0 Å². The van der Waals surface area contributed by atoms with Crippen LogP contribution in [0.2, 0.25) is 5.02 Å². The summed E-state index contributed by atoms with van der Waals surface area (Å²) in [6, 6.07) is 10.6. The Kier molecular flexibility index (Phi) is 5.08. The van der Waals surface area contributed by atoms with E-state index in [0.29, 0.717) is 28.7 Å². The normalized spacial score (nSPS) is 16.1. The van der Waals surface area contributed by atoms with Crippen molar-refractivity contribution in [3.8, 4) is 0 Å². The number of rotatable bonds is 5. The van der Waals surface area contributed by atoms with Crippen molar-refractivity contribution < 1.29 is 18.7 Å². The van der Waals surface area contributed by atoms with Crippen molar-refractivity contribution in [1.29, 1.82) is 0 Å². The van der Waals surface area contributed by atoms with Gasteiger partial charge in [0.05, 0.1) is 18.0 Å². The van der Waals surface area contributed by atoms with Gasteiger partial charge in [0.1, 0.15) is 11.3 Å². The summed E-state index contributed by atoms with van der Waals surface area (Å²) in [6.45, 7) is 4.80. The van der Waals surface area contributed by atoms with Crippen LogP contribution in [0.15, 0.2) is 40.8 Å². The molecule has 0 saturated heterocycles. The minimum Gasteiger partial charge on any atom is -0.481 e. The lowest BCUT2D eigenvalue weighted by Gasteiger charge is -2.37. The number of halogens is 2. The molecule has 0 bridgehead atoms. The van der Waals surface area contributed by atoms with Crippen LogP contribution in [0.5, 0.6) is 0 Å². The highest BCUT2D eigenvalue weighted by Gasteiger charge is 2.32. The van der Waals surface area contributed by atoms with E-state index in [1.54, 1.807) is 12.1 Å². The predicted molar refractivity (Wildman–Crippen MR) is 122 cm³/mol. The van der Waals surface area contributed by atoms with Crippen LogP contribution in [0, 0.1) is 5.82 Å². The standard InChI is InChI=1S/C24H23ClFN3O3/c1-13(2)29(24-27-19-10-15(26)4-8-22(19)32-24)16-5-7-20-18(11-23(30)31)17-6-3-14(25)9-21(17)28(20)12-16/h3-4,6,8-10,13,16H,5,7,11-12H2,1-2H3,(H,30,31). The molecule has 6 nitrogen and oxygen atoms in total. The summed E-state index contributed by atoms with van der Waals surface area (Å²) in [5, 5.41) is 11.0. The Morgan fingerprint density at radius 1 is 1.34 bits per heavy atom. The Balaban J connectivity index is 1.57. The molecule has 0 radical (unpaired) electrons. The van der Waals surface area contributed by atoms with E-state index in [0.717, 1.165) is 35.0 Å². The summed E-state index contributed by atoms with van der Waals surface area (Å²) >= 11 is 6.28. The van der Waals surface area contributed by atoms with E-state index in [9.17, 15) is 14.3 Å². The number of aromatic nitrogens is 2. The largest absolute Gasteiger partial charge is 0.481 e. The highest BCUT2D eigenvalue weighted by Crippen LogP contribution is 2.36. The number of carboxylic acids is 1. The topological polar surface area (TPSA) is 71.5 Å². The second-order valence-corrected chi connectivity index (χ2v) is 9.01. The minimum absolute atomic E-state index is 0.0181. The summed E-state index contributed by atoms with van der Waals surface area (Å²) in [6.07, 6.45) is 1.54. The summed E-state index contributed by atoms with van der Waals surface area (Å²) < 4.78 is 21.8. The molecule has 0 aliphatic carbocycles. The van der Waals surface area contributed by atoms with E-state index in [2.05, 4.69) is 28.3 Å². The molecule has 1 atom stereocenters. The monoisotopic (exact) mass is 455 g/mol. The van der Waals surface area contributed by atoms with Crippen LogP contribution in [-0.2, 0) is 24.2 Å². The van der Waals surface area contributed by atoms with Crippen LogP contribution in [0.4, 0.5) is 10.4 Å². The summed E-state index contributed by atoms with van der Waals surface area (Å²) in [5.74, 6) is -1.20. The maximum absolute atomic E-state index is 13.6. The van der Waals surface area contributed by atoms with Crippen LogP contribution in [0.1, 0.15) is 31.5 Å². The number of carboxylic acid groups (broad SMARTS) is 1. The molecule has 8 heteroatoms. The number of hydrogen-bond donors (Lipinski definition) is 1. The van der Waals surface area contributed by atoms with Gasteiger partial charge >= 0.3 is 5.97 Å². The van der Waals surface area contributed by atoms with Crippen molar-refractivity contribution in [2.45, 2.75) is 51.7 Å². The molecule has 4 aromatic rings. The number of oxazole rings is 1. The SMILES string of the molecule is CC(C)N(c1nc2cc(F)ccc2o1)C1CCc2c(CC(=O)O)c3ccc(Cl)cc3n2C1. The lowest BCUT2D eigenvalue weighted by Crippen LogP contribution is -2.45. The van der Waals surface area contributed by atoms with E-state index in [4.69, 9.17) is 16.0 Å². The Morgan fingerprint density at radius 2 is 2.16 bits per heavy atom. The summed E-state index contributed by atoms with van der Waals surface area (Å²) in [5.41, 5.74) is 3.88. The van der Waals surface area contributed by atoms with Crippen LogP contribution >= 0.6 is 11.6 Å². The van der Waals surface area contributed by atoms with Gasteiger partial charge < -0.3 is 19.0 Å². The molecule has 166 valence electrons. The van der Waals surface area contributed by atoms with Gasteiger partial charge in [0.15, 0.2) is 5.58 Å². The van der Waals surface area contributed by atoms with Crippen LogP contribution in [0.3, 0.4) is 0 Å². The van der Waals surface area contributed by atoms with E-state index in [1.807, 2.05) is 12.1 Å². The van der Waals surface area contributed by atoms with Crippen LogP contribution < -0.4 is 4.90 Å². The number of benzene rings is 2. The van der Waals surface area contributed by atoms with Crippen LogP contribution in [-0.4, -0.2) is 32.7 Å². The maximum Gasteiger partial charge on any atom is 0.307 e. The number of fused-ring (bicyclic) bond motifs is 4. The Morgan fingerprint density at radius 3 is 2.91 bits per heavy atom. The first-order valence-electron chi connectivity index (χ1n) is 10.7. The number of anilines is 1. The molecule has 5 rings (SSSR count). The first-order valence-corrected chi connectivity index (χ1v) is 11.1. The zero-order valence-corrected chi connectivity index (χ0v) is 18.6. The van der Waals surface area contributed by atoms with E-state index in [1.165, 1.54) is 12.1 Å². The van der Waals surface area contributed by atoms with E-state index >= 15 is 0 Å². The number of nitrogens with zero attached hydrogens (tertiary/aromatic N) is 3. The third-order valence-electron chi connectivity index (χ3n) is 6.19. The van der Waals surface area contributed by atoms with Crippen molar-refractivity contribution in [3.05, 3.63) is 58.5 Å². The highest BCUT2D eigenvalue weighted by atomic mass is 35.5. The van der Waals surface area contributed by atoms with Gasteiger partial charge in [0.25, 0.3) is 6.01 Å². The van der Waals surface area contributed by atoms with Gasteiger partial charge in [-0.15, -0.1) is 0 Å². The fourth-order valence-corrected chi connectivity index (χ4v) is 5.09. The zero-order valence-electron chi connectivity index (χ0n) is 17.8. The van der Waals surface area contributed by atoms with Gasteiger partial charge in [-0.3, -0.25) is 4.79 Å². The number of carbonyl (C=O) groups is 1. The number of hydrogen-bond acceptors (Lipinski definition) is 4. The zero-order chi connectivity index (χ0) is 22.6. The van der Waals surface area contributed by atoms with Gasteiger partial charge in [-0.25, -0.2) is 4.39 Å². The molecule has 2 aromatic heterocycles. The fraction of sp³-hybridized carbons (Fsp3) is 0.333. The molecule has 32 heavy (non-hydrogen) atoms. The van der Waals surface area contributed by atoms with Gasteiger partial charge in [0, 0.05) is 34.8 Å². The van der Waals surface area contributed by atoms with E-state index < -0.39 is 5.97 Å². The molecule has 0 spiro atoms. The Hall–Kier alpha value is -3.06.